The zero-order valence-corrected chi connectivity index (χ0v) is 26.7. The van der Waals surface area contributed by atoms with Crippen LogP contribution in [-0.4, -0.2) is 79.9 Å². The number of hydrogen-bond acceptors (Lipinski definition) is 8. The minimum absolute atomic E-state index is 0.0518. The summed E-state index contributed by atoms with van der Waals surface area (Å²) in [4.78, 5) is 37.7. The summed E-state index contributed by atoms with van der Waals surface area (Å²) >= 11 is 0. The number of aliphatic hydroxyl groups excluding tert-OH is 1. The van der Waals surface area contributed by atoms with Crippen LogP contribution in [0.2, 0.25) is 0 Å². The van der Waals surface area contributed by atoms with E-state index in [1.807, 2.05) is 44.2 Å². The number of carboxylic acid groups (broad SMARTS) is 1. The Balaban J connectivity index is 1.82. The van der Waals surface area contributed by atoms with Gasteiger partial charge in [0, 0.05) is 18.9 Å². The lowest BCUT2D eigenvalue weighted by molar-refractivity contribution is -0.429. The first kappa shape index (κ1) is 35.4. The van der Waals surface area contributed by atoms with Crippen LogP contribution in [0.3, 0.4) is 0 Å². The highest BCUT2D eigenvalue weighted by atomic mass is 16.8. The lowest BCUT2D eigenvalue weighted by Crippen LogP contribution is -2.71. The SMILES string of the molecule is C=C(CCC12OCC(C)(O)C(C(=O)O)([OH+]1)[C@H](OC(=O)/C=C/[C@@H](C)C[C@@H](C)CC)[C@H]2O)[C@@H](OC(C)=O)[C@H](C)Cc1ccccc1. The molecule has 2 heterocycles. The van der Waals surface area contributed by atoms with Crippen LogP contribution in [0.4, 0.5) is 0 Å². The van der Waals surface area contributed by atoms with E-state index in [4.69, 9.17) is 14.2 Å². The van der Waals surface area contributed by atoms with E-state index in [1.54, 1.807) is 6.08 Å². The summed E-state index contributed by atoms with van der Waals surface area (Å²) in [6.07, 6.45) is 1.36. The Morgan fingerprint density at radius 2 is 1.86 bits per heavy atom. The molecule has 3 unspecified atom stereocenters. The Labute approximate surface area is 260 Å². The largest absolute Gasteiger partial charge is 0.475 e. The number of fused-ring (bicyclic) bond motifs is 2. The van der Waals surface area contributed by atoms with Gasteiger partial charge in [0.15, 0.2) is 5.60 Å². The number of ether oxygens (including phenoxy) is 4. The molecule has 0 spiro atoms. The van der Waals surface area contributed by atoms with Crippen LogP contribution < -0.4 is 0 Å². The van der Waals surface area contributed by atoms with Crippen LogP contribution in [-0.2, 0) is 35.0 Å². The van der Waals surface area contributed by atoms with Gasteiger partial charge in [0.2, 0.25) is 12.2 Å². The molecule has 44 heavy (non-hydrogen) atoms. The molecule has 2 saturated heterocycles. The highest BCUT2D eigenvalue weighted by Gasteiger charge is 2.83. The number of aliphatic hydroxyl groups is 4. The quantitative estimate of drug-likeness (QED) is 0.115. The first-order valence-electron chi connectivity index (χ1n) is 15.4. The summed E-state index contributed by atoms with van der Waals surface area (Å²) in [5, 5.41) is 33.1. The van der Waals surface area contributed by atoms with E-state index in [2.05, 4.69) is 25.2 Å². The number of carbonyl (C=O) groups excluding carboxylic acids is 2. The average molecular weight is 618 g/mol. The number of allylic oxidation sites excluding steroid dienone is 1. The maximum atomic E-state index is 12.9. The Hall–Kier alpha value is -3.05. The molecule has 2 fully saturated rings. The Morgan fingerprint density at radius 3 is 2.45 bits per heavy atom. The van der Waals surface area contributed by atoms with Crippen LogP contribution >= 0.6 is 0 Å². The number of esters is 2. The number of benzene rings is 1. The van der Waals surface area contributed by atoms with E-state index >= 15 is 0 Å². The van der Waals surface area contributed by atoms with Crippen molar-refractivity contribution >= 4 is 17.9 Å². The Bertz CT molecular complexity index is 1210. The molecule has 0 amide bonds. The van der Waals surface area contributed by atoms with Crippen LogP contribution in [0.15, 0.2) is 54.6 Å². The molecule has 0 saturated carbocycles. The van der Waals surface area contributed by atoms with Crippen molar-refractivity contribution in [1.29, 1.82) is 0 Å². The molecular formula is C34H49O10+. The molecule has 3 rings (SSSR count). The van der Waals surface area contributed by atoms with Crippen LogP contribution in [0.25, 0.3) is 0 Å². The topological polar surface area (TPSA) is 152 Å². The van der Waals surface area contributed by atoms with Crippen molar-refractivity contribution in [2.45, 2.75) is 109 Å². The molecule has 9 atom stereocenters. The van der Waals surface area contributed by atoms with Crippen molar-refractivity contribution < 1.29 is 48.7 Å². The predicted molar refractivity (Wildman–Crippen MR) is 163 cm³/mol. The molecular weight excluding hydrogens is 568 g/mol. The van der Waals surface area contributed by atoms with Crippen molar-refractivity contribution in [3.8, 4) is 0 Å². The lowest BCUT2D eigenvalue weighted by atomic mass is 9.79. The van der Waals surface area contributed by atoms with Gasteiger partial charge in [-0.15, -0.1) is 0 Å². The van der Waals surface area contributed by atoms with Crippen molar-refractivity contribution in [2.75, 3.05) is 6.61 Å². The molecule has 0 aromatic heterocycles. The summed E-state index contributed by atoms with van der Waals surface area (Å²) < 4.78 is 21.5. The molecule has 10 nitrogen and oxygen atoms in total. The van der Waals surface area contributed by atoms with E-state index < -0.39 is 59.8 Å². The van der Waals surface area contributed by atoms with E-state index in [0.29, 0.717) is 17.9 Å². The molecule has 0 radical (unpaired) electrons. The molecule has 1 aromatic rings. The summed E-state index contributed by atoms with van der Waals surface area (Å²) in [5.74, 6) is -4.31. The fraction of sp³-hybridized carbons (Fsp3) is 0.618. The van der Waals surface area contributed by atoms with E-state index in [-0.39, 0.29) is 24.7 Å². The van der Waals surface area contributed by atoms with Gasteiger partial charge in [0.1, 0.15) is 6.10 Å². The lowest BCUT2D eigenvalue weighted by Gasteiger charge is -2.42. The molecule has 4 N–H and O–H groups in total. The molecule has 2 bridgehead atoms. The van der Waals surface area contributed by atoms with Crippen LogP contribution in [0, 0.1) is 17.8 Å². The third-order valence-corrected chi connectivity index (χ3v) is 8.97. The Morgan fingerprint density at radius 1 is 1.20 bits per heavy atom. The second-order valence-corrected chi connectivity index (χ2v) is 12.8. The second kappa shape index (κ2) is 14.4. The van der Waals surface area contributed by atoms with Crippen LogP contribution in [0.1, 0.15) is 72.8 Å². The first-order valence-corrected chi connectivity index (χ1v) is 15.4. The third kappa shape index (κ3) is 7.59. The number of rotatable bonds is 15. The summed E-state index contributed by atoms with van der Waals surface area (Å²) in [6, 6.07) is 9.73. The highest BCUT2D eigenvalue weighted by molar-refractivity contribution is 5.85. The number of aliphatic carboxylic acids is 1. The number of carboxylic acids is 1. The number of hydrogen-bond donors (Lipinski definition) is 3. The first-order chi connectivity index (χ1) is 20.6. The van der Waals surface area contributed by atoms with Gasteiger partial charge in [0.25, 0.3) is 0 Å². The van der Waals surface area contributed by atoms with Gasteiger partial charge in [-0.25, -0.2) is 9.59 Å². The smallest absolute Gasteiger partial charge is 0.395 e. The maximum absolute atomic E-state index is 12.9. The van der Waals surface area contributed by atoms with E-state index in [0.717, 1.165) is 18.4 Å². The average Bonchev–Trinajstić information content (AvgIpc) is 3.18. The molecule has 244 valence electrons. The maximum Gasteiger partial charge on any atom is 0.395 e. The van der Waals surface area contributed by atoms with Crippen molar-refractivity contribution in [1.82, 2.24) is 0 Å². The third-order valence-electron chi connectivity index (χ3n) is 8.97. The van der Waals surface area contributed by atoms with Gasteiger partial charge in [-0.1, -0.05) is 77.1 Å². The van der Waals surface area contributed by atoms with Crippen molar-refractivity contribution in [2.24, 2.45) is 17.8 Å². The normalized spacial score (nSPS) is 30.7. The summed E-state index contributed by atoms with van der Waals surface area (Å²) in [6.45, 7) is 14.3. The molecule has 1 aromatic carbocycles. The minimum atomic E-state index is -2.38. The van der Waals surface area contributed by atoms with E-state index in [9.17, 15) is 29.7 Å². The fourth-order valence-corrected chi connectivity index (χ4v) is 6.28. The zero-order valence-electron chi connectivity index (χ0n) is 26.7. The number of carbonyl (C=O) groups is 3. The fourth-order valence-electron chi connectivity index (χ4n) is 6.28. The van der Waals surface area contributed by atoms with Crippen molar-refractivity contribution in [3.63, 3.8) is 0 Å². The minimum Gasteiger partial charge on any atom is -0.475 e. The van der Waals surface area contributed by atoms with Gasteiger partial charge < -0.3 is 34.3 Å². The van der Waals surface area contributed by atoms with Gasteiger partial charge in [0.05, 0.1) is 13.0 Å². The van der Waals surface area contributed by atoms with Gasteiger partial charge in [-0.3, -0.25) is 4.79 Å². The van der Waals surface area contributed by atoms with E-state index in [1.165, 1.54) is 19.9 Å². The highest BCUT2D eigenvalue weighted by Crippen LogP contribution is 2.51. The Kier molecular flexibility index (Phi) is 11.6. The summed E-state index contributed by atoms with van der Waals surface area (Å²) in [5.41, 5.74) is -2.89. The van der Waals surface area contributed by atoms with Gasteiger partial charge in [-0.05, 0) is 49.2 Å². The summed E-state index contributed by atoms with van der Waals surface area (Å²) in [7, 11) is 0. The second-order valence-electron chi connectivity index (χ2n) is 12.8. The molecule has 2 aliphatic rings. The molecule has 10 heteroatoms. The van der Waals surface area contributed by atoms with Crippen molar-refractivity contribution in [3.05, 3.63) is 60.2 Å². The monoisotopic (exact) mass is 617 g/mol. The zero-order chi connectivity index (χ0) is 32.9. The standard InChI is InChI=1S/C34H48O10/c1-8-21(2)18-22(3)14-15-27(36)43-30-29(37)33(41-20-32(7,40)34(30,44-33)31(38)39)17-16-23(4)28(42-25(6)35)24(5)19-26-12-10-9-11-13-26/h9-15,21-22,24,28-30,37,40H,4,8,16-20H2,1-3,5-7H3,(H,38,39)/p+1/b15-14+/t21-,22+,24+,28+,29+,30+,32?,33?,34?/m0/s1. The molecule has 2 aliphatic heterocycles. The molecule has 0 aliphatic carbocycles. The van der Waals surface area contributed by atoms with Gasteiger partial charge >= 0.3 is 29.3 Å². The van der Waals surface area contributed by atoms with Gasteiger partial charge in [-0.2, -0.15) is 0 Å². The van der Waals surface area contributed by atoms with Crippen LogP contribution in [0.5, 0.6) is 0 Å². The predicted octanol–water partition coefficient (Wildman–Crippen LogP) is 3.88.